The van der Waals surface area contributed by atoms with Crippen LogP contribution in [-0.4, -0.2) is 25.0 Å². The second-order valence-corrected chi connectivity index (χ2v) is 8.66. The van der Waals surface area contributed by atoms with Crippen molar-refractivity contribution >= 4 is 11.9 Å². The second kappa shape index (κ2) is 7.84. The van der Waals surface area contributed by atoms with E-state index >= 15 is 0 Å². The zero-order valence-electron chi connectivity index (χ0n) is 15.6. The minimum Gasteiger partial charge on any atom is -0.356 e. The highest BCUT2D eigenvalue weighted by Gasteiger charge is 2.46. The average molecular weight is 314 g/mol. The normalized spacial score (nSPS) is 15.0. The fourth-order valence-electron chi connectivity index (χ4n) is 2.63. The zero-order chi connectivity index (χ0) is 17.6. The summed E-state index contributed by atoms with van der Waals surface area (Å²) >= 11 is 0. The number of carbonyl (C=O) groups excluding carboxylic acids is 1. The maximum absolute atomic E-state index is 12.8. The molecule has 5 heteroatoms. The summed E-state index contributed by atoms with van der Waals surface area (Å²) in [7, 11) is 0. The van der Waals surface area contributed by atoms with Gasteiger partial charge in [0.1, 0.15) is 0 Å². The van der Waals surface area contributed by atoms with Crippen molar-refractivity contribution in [3.8, 4) is 0 Å². The van der Waals surface area contributed by atoms with Gasteiger partial charge in [0.15, 0.2) is 0 Å². The van der Waals surface area contributed by atoms with Crippen LogP contribution in [0.2, 0.25) is 0 Å². The van der Waals surface area contributed by atoms with Crippen molar-refractivity contribution in [1.82, 2.24) is 5.32 Å². The van der Waals surface area contributed by atoms with Crippen LogP contribution in [0.15, 0.2) is 0 Å². The second-order valence-electron chi connectivity index (χ2n) is 8.66. The fourth-order valence-corrected chi connectivity index (χ4v) is 2.63. The van der Waals surface area contributed by atoms with Crippen LogP contribution in [0.3, 0.4) is 0 Å². The van der Waals surface area contributed by atoms with Gasteiger partial charge < -0.3 is 5.32 Å². The third kappa shape index (κ3) is 7.14. The van der Waals surface area contributed by atoms with Gasteiger partial charge in [-0.3, -0.25) is 21.3 Å². The molecule has 1 amide bonds. The van der Waals surface area contributed by atoms with E-state index in [4.69, 9.17) is 11.5 Å². The number of unbranched alkanes of at least 4 members (excludes halogenated alkanes) is 1. The molecule has 0 heterocycles. The highest BCUT2D eigenvalue weighted by molar-refractivity contribution is 5.83. The van der Waals surface area contributed by atoms with Crippen LogP contribution in [0, 0.1) is 16.2 Å². The topological polar surface area (TPSA) is 95.1 Å². The molecule has 5 nitrogen and oxygen atoms in total. The predicted octanol–water partition coefficient (Wildman–Crippen LogP) is 0.725. The van der Waals surface area contributed by atoms with Gasteiger partial charge in [0.25, 0.3) is 0 Å². The van der Waals surface area contributed by atoms with Crippen molar-refractivity contribution in [1.29, 1.82) is 0 Å². The molecular weight excluding hydrogens is 276 g/mol. The summed E-state index contributed by atoms with van der Waals surface area (Å²) in [4.78, 5) is 15.6. The van der Waals surface area contributed by atoms with Gasteiger partial charge in [0, 0.05) is 6.54 Å². The summed E-state index contributed by atoms with van der Waals surface area (Å²) in [5.74, 6) is 0.391. The molecule has 0 aromatic heterocycles. The first-order valence-electron chi connectivity index (χ1n) is 8.20. The quantitative estimate of drug-likeness (QED) is 0.317. The molecule has 130 valence electrons. The van der Waals surface area contributed by atoms with Crippen molar-refractivity contribution < 1.29 is 9.79 Å². The predicted molar refractivity (Wildman–Crippen MR) is 93.1 cm³/mol. The number of nitrogens with two attached hydrogens (primary N) is 2. The summed E-state index contributed by atoms with van der Waals surface area (Å²) in [6, 6.07) is 0. The smallest absolute Gasteiger partial charge is 0.338 e. The van der Waals surface area contributed by atoms with Crippen molar-refractivity contribution in [2.45, 2.75) is 67.7 Å². The van der Waals surface area contributed by atoms with E-state index in [0.717, 1.165) is 25.8 Å². The zero-order valence-corrected chi connectivity index (χ0v) is 15.6. The standard InChI is InChI=1S/C17H36N4O/c1-15(2,3)12-17(7,16(4,5)6)13(22)20-10-8-9-11-21-14(18)19/h8-12H2,1-7H3,(H,20,22)(H4,18,19,21)/p+1. The Bertz CT molecular complexity index is 386. The summed E-state index contributed by atoms with van der Waals surface area (Å²) in [6.45, 7) is 16.5. The molecule has 0 fully saturated rings. The van der Waals surface area contributed by atoms with Crippen molar-refractivity contribution in [2.24, 2.45) is 27.7 Å². The van der Waals surface area contributed by atoms with E-state index in [1.807, 2.05) is 0 Å². The summed E-state index contributed by atoms with van der Waals surface area (Å²) < 4.78 is 0. The molecule has 0 aliphatic rings. The molecule has 0 rings (SSSR count). The fraction of sp³-hybridized carbons (Fsp3) is 0.882. The third-order valence-electron chi connectivity index (χ3n) is 4.26. The third-order valence-corrected chi connectivity index (χ3v) is 4.26. The van der Waals surface area contributed by atoms with Crippen molar-refractivity contribution in [2.75, 3.05) is 13.1 Å². The lowest BCUT2D eigenvalue weighted by atomic mass is 9.61. The lowest BCUT2D eigenvalue weighted by molar-refractivity contribution is -0.459. The van der Waals surface area contributed by atoms with E-state index in [-0.39, 0.29) is 28.1 Å². The molecule has 0 bridgehead atoms. The molecule has 0 aromatic rings. The van der Waals surface area contributed by atoms with Crippen LogP contribution in [0.1, 0.15) is 67.7 Å². The van der Waals surface area contributed by atoms with Gasteiger partial charge in [-0.05, 0) is 30.1 Å². The number of amides is 1. The van der Waals surface area contributed by atoms with E-state index in [9.17, 15) is 4.79 Å². The van der Waals surface area contributed by atoms with Crippen LogP contribution in [0.25, 0.3) is 0 Å². The highest BCUT2D eigenvalue weighted by atomic mass is 16.2. The molecule has 1 unspecified atom stereocenters. The Hall–Kier alpha value is -1.26. The molecule has 0 radical (unpaired) electrons. The Labute approximate surface area is 136 Å². The Kier molecular flexibility index (Phi) is 7.39. The van der Waals surface area contributed by atoms with Gasteiger partial charge in [-0.2, -0.15) is 0 Å². The molecule has 0 aliphatic heterocycles. The number of hydrogen-bond acceptors (Lipinski definition) is 1. The average Bonchev–Trinajstić information content (AvgIpc) is 2.29. The highest BCUT2D eigenvalue weighted by Crippen LogP contribution is 2.46. The molecule has 0 saturated heterocycles. The Morgan fingerprint density at radius 2 is 1.55 bits per heavy atom. The van der Waals surface area contributed by atoms with E-state index in [1.165, 1.54) is 0 Å². The van der Waals surface area contributed by atoms with Crippen LogP contribution in [0.5, 0.6) is 0 Å². The molecule has 0 spiro atoms. The molecule has 0 saturated carbocycles. The van der Waals surface area contributed by atoms with Gasteiger partial charge in [-0.15, -0.1) is 0 Å². The lowest BCUT2D eigenvalue weighted by Gasteiger charge is -2.44. The van der Waals surface area contributed by atoms with Crippen molar-refractivity contribution in [3.05, 3.63) is 0 Å². The first-order valence-corrected chi connectivity index (χ1v) is 8.20. The van der Waals surface area contributed by atoms with Crippen LogP contribution < -0.4 is 21.8 Å². The van der Waals surface area contributed by atoms with Gasteiger partial charge in [-0.25, -0.2) is 0 Å². The van der Waals surface area contributed by atoms with Crippen LogP contribution >= 0.6 is 0 Å². The molecule has 1 atom stereocenters. The van der Waals surface area contributed by atoms with Crippen molar-refractivity contribution in [3.63, 3.8) is 0 Å². The molecular formula is C17H37N4O+. The van der Waals surface area contributed by atoms with E-state index in [0.29, 0.717) is 6.54 Å². The number of guanidine groups is 1. The Morgan fingerprint density at radius 1 is 1.00 bits per heavy atom. The van der Waals surface area contributed by atoms with E-state index in [1.54, 1.807) is 0 Å². The van der Waals surface area contributed by atoms with E-state index < -0.39 is 0 Å². The van der Waals surface area contributed by atoms with Gasteiger partial charge >= 0.3 is 5.96 Å². The minimum absolute atomic E-state index is 0.0884. The minimum atomic E-state index is -0.390. The maximum Gasteiger partial charge on any atom is 0.338 e. The summed E-state index contributed by atoms with van der Waals surface area (Å²) in [5, 5.41) is 3.10. The monoisotopic (exact) mass is 313 g/mol. The Balaban J connectivity index is 4.58. The van der Waals surface area contributed by atoms with Crippen LogP contribution in [-0.2, 0) is 4.79 Å². The number of rotatable bonds is 7. The molecule has 6 N–H and O–H groups in total. The largest absolute Gasteiger partial charge is 0.356 e. The van der Waals surface area contributed by atoms with Crippen LogP contribution in [0.4, 0.5) is 0 Å². The van der Waals surface area contributed by atoms with Gasteiger partial charge in [-0.1, -0.05) is 48.5 Å². The molecule has 0 aromatic carbocycles. The maximum atomic E-state index is 12.8. The Morgan fingerprint density at radius 3 is 1.95 bits per heavy atom. The SMILES string of the molecule is CC(C)(C)CC(C)(C(=O)NCCCC[NH+]=C(N)N)C(C)(C)C. The van der Waals surface area contributed by atoms with Gasteiger partial charge in [0.05, 0.1) is 12.0 Å². The number of carbonyl (C=O) groups is 1. The van der Waals surface area contributed by atoms with Gasteiger partial charge in [0.2, 0.25) is 5.91 Å². The lowest BCUT2D eigenvalue weighted by Crippen LogP contribution is -2.78. The first-order chi connectivity index (χ1) is 9.79. The summed E-state index contributed by atoms with van der Waals surface area (Å²) in [6.07, 6.45) is 2.68. The number of nitrogens with one attached hydrogen (secondary N) is 2. The number of hydrogen-bond donors (Lipinski definition) is 4. The molecule has 0 aliphatic carbocycles. The van der Waals surface area contributed by atoms with E-state index in [2.05, 4.69) is 58.8 Å². The summed E-state index contributed by atoms with van der Waals surface area (Å²) in [5.41, 5.74) is 10.3. The molecule has 22 heavy (non-hydrogen) atoms. The first kappa shape index (κ1) is 20.7.